The van der Waals surface area contributed by atoms with Crippen LogP contribution in [0.15, 0.2) is 57.5 Å². The fourth-order valence-corrected chi connectivity index (χ4v) is 6.35. The predicted octanol–water partition coefficient (Wildman–Crippen LogP) is 11.3. The topological polar surface area (TPSA) is 52.6 Å². The number of hydrogen-bond acceptors (Lipinski definition) is 4. The van der Waals surface area contributed by atoms with Crippen molar-refractivity contribution in [1.82, 2.24) is 0 Å². The molecule has 2 aromatic rings. The van der Waals surface area contributed by atoms with Gasteiger partial charge in [0.2, 0.25) is 0 Å². The van der Waals surface area contributed by atoms with Crippen molar-refractivity contribution in [2.24, 2.45) is 5.41 Å². The van der Waals surface area contributed by atoms with Gasteiger partial charge in [-0.05, 0) is 87.8 Å². The van der Waals surface area contributed by atoms with Gasteiger partial charge >= 0.3 is 11.9 Å². The molecule has 2 aromatic carbocycles. The van der Waals surface area contributed by atoms with E-state index >= 15 is 0 Å². The lowest BCUT2D eigenvalue weighted by Gasteiger charge is -2.38. The van der Waals surface area contributed by atoms with E-state index in [0.29, 0.717) is 25.7 Å². The monoisotopic (exact) mass is 720 g/mol. The molecule has 0 saturated heterocycles. The van der Waals surface area contributed by atoms with E-state index in [1.807, 2.05) is 52.0 Å². The van der Waals surface area contributed by atoms with E-state index in [2.05, 4.69) is 70.0 Å². The molecule has 240 valence electrons. The van der Waals surface area contributed by atoms with E-state index in [4.69, 9.17) is 9.47 Å². The number of carbonyl (C=O) groups excluding carboxylic acids is 2. The third kappa shape index (κ3) is 12.0. The lowest BCUT2D eigenvalue weighted by Crippen LogP contribution is -2.49. The Labute approximate surface area is 278 Å². The minimum absolute atomic E-state index is 0.329. The first kappa shape index (κ1) is 37.5. The van der Waals surface area contributed by atoms with Gasteiger partial charge in [-0.3, -0.25) is 9.59 Å². The van der Waals surface area contributed by atoms with Crippen LogP contribution in [0.2, 0.25) is 0 Å². The van der Waals surface area contributed by atoms with Gasteiger partial charge in [-0.1, -0.05) is 122 Å². The Balaban J connectivity index is 2.33. The standard InChI is InChI=1S/C37H54Br2O4/c1-7-11-13-15-25-35(5,27-29-17-21-31(38)22-18-29)42-33(40)37(9-3,10-4)34(41)43-36(6,26-16-14-12-8-2)28-30-19-23-32(39)24-20-30/h17-24H,7-16,25-28H2,1-6H3. The number of esters is 2. The van der Waals surface area contributed by atoms with E-state index in [9.17, 15) is 9.59 Å². The summed E-state index contributed by atoms with van der Waals surface area (Å²) in [6, 6.07) is 16.3. The van der Waals surface area contributed by atoms with Gasteiger partial charge in [-0.15, -0.1) is 0 Å². The van der Waals surface area contributed by atoms with Crippen LogP contribution in [-0.4, -0.2) is 23.1 Å². The van der Waals surface area contributed by atoms with Crippen LogP contribution in [-0.2, 0) is 31.9 Å². The van der Waals surface area contributed by atoms with Crippen LogP contribution in [0.1, 0.15) is 130 Å². The molecule has 0 aliphatic carbocycles. The first-order chi connectivity index (χ1) is 20.4. The van der Waals surface area contributed by atoms with Crippen LogP contribution in [0.25, 0.3) is 0 Å². The maximum atomic E-state index is 14.2. The summed E-state index contributed by atoms with van der Waals surface area (Å²) in [6.07, 6.45) is 12.0. The van der Waals surface area contributed by atoms with Gasteiger partial charge in [0, 0.05) is 21.8 Å². The van der Waals surface area contributed by atoms with E-state index in [1.54, 1.807) is 0 Å². The molecule has 4 nitrogen and oxygen atoms in total. The zero-order valence-corrected chi connectivity index (χ0v) is 30.6. The minimum Gasteiger partial charge on any atom is -0.458 e. The van der Waals surface area contributed by atoms with E-state index < -0.39 is 28.6 Å². The molecule has 6 heteroatoms. The summed E-state index contributed by atoms with van der Waals surface area (Å²) >= 11 is 7.03. The average Bonchev–Trinajstić information content (AvgIpc) is 2.97. The Morgan fingerprint density at radius 3 is 1.23 bits per heavy atom. The third-order valence-corrected chi connectivity index (χ3v) is 9.83. The summed E-state index contributed by atoms with van der Waals surface area (Å²) in [7, 11) is 0. The maximum absolute atomic E-state index is 14.2. The molecule has 0 aliphatic rings. The lowest BCUT2D eigenvalue weighted by atomic mass is 9.81. The van der Waals surface area contributed by atoms with Crippen molar-refractivity contribution < 1.29 is 19.1 Å². The largest absolute Gasteiger partial charge is 0.458 e. The summed E-state index contributed by atoms with van der Waals surface area (Å²) in [6.45, 7) is 12.2. The molecule has 0 radical (unpaired) electrons. The SMILES string of the molecule is CCCCCCC(C)(Cc1ccc(Br)cc1)OC(=O)C(CC)(CC)C(=O)OC(C)(CCCCCC)Cc1ccc(Br)cc1. The molecule has 0 aliphatic heterocycles. The molecule has 0 fully saturated rings. The molecule has 0 spiro atoms. The molecule has 0 heterocycles. The molecular weight excluding hydrogens is 668 g/mol. The number of carbonyl (C=O) groups is 2. The van der Waals surface area contributed by atoms with Crippen LogP contribution < -0.4 is 0 Å². The molecule has 0 saturated carbocycles. The van der Waals surface area contributed by atoms with Crippen molar-refractivity contribution in [2.75, 3.05) is 0 Å². The molecule has 43 heavy (non-hydrogen) atoms. The number of benzene rings is 2. The molecule has 0 amide bonds. The number of rotatable bonds is 20. The van der Waals surface area contributed by atoms with Crippen molar-refractivity contribution in [3.63, 3.8) is 0 Å². The summed E-state index contributed by atoms with van der Waals surface area (Å²) < 4.78 is 14.9. The average molecular weight is 723 g/mol. The van der Waals surface area contributed by atoms with Gasteiger partial charge in [0.25, 0.3) is 0 Å². The molecule has 2 unspecified atom stereocenters. The van der Waals surface area contributed by atoms with Crippen molar-refractivity contribution in [2.45, 2.75) is 143 Å². The second-order valence-corrected chi connectivity index (χ2v) is 14.5. The van der Waals surface area contributed by atoms with Crippen molar-refractivity contribution in [3.05, 3.63) is 68.6 Å². The second-order valence-electron chi connectivity index (χ2n) is 12.7. The van der Waals surface area contributed by atoms with Gasteiger partial charge in [0.1, 0.15) is 11.2 Å². The number of ether oxygens (including phenoxy) is 2. The quantitative estimate of drug-likeness (QED) is 0.0776. The van der Waals surface area contributed by atoms with Gasteiger partial charge in [-0.2, -0.15) is 0 Å². The third-order valence-electron chi connectivity index (χ3n) is 8.77. The summed E-state index contributed by atoms with van der Waals surface area (Å²) in [4.78, 5) is 28.3. The summed E-state index contributed by atoms with van der Waals surface area (Å²) in [5, 5.41) is 0. The molecule has 0 bridgehead atoms. The number of halogens is 2. The van der Waals surface area contributed by atoms with E-state index in [1.165, 1.54) is 0 Å². The summed E-state index contributed by atoms with van der Waals surface area (Å²) in [5.41, 5.74) is -0.604. The fraction of sp³-hybridized carbons (Fsp3) is 0.622. The molecule has 0 N–H and O–H groups in total. The van der Waals surface area contributed by atoms with Crippen LogP contribution in [0.4, 0.5) is 0 Å². The van der Waals surface area contributed by atoms with Crippen LogP contribution in [0.3, 0.4) is 0 Å². The smallest absolute Gasteiger partial charge is 0.324 e. The highest BCUT2D eigenvalue weighted by atomic mass is 79.9. The zero-order valence-electron chi connectivity index (χ0n) is 27.4. The van der Waals surface area contributed by atoms with Crippen LogP contribution in [0, 0.1) is 5.41 Å². The Morgan fingerprint density at radius 2 is 0.930 bits per heavy atom. The molecule has 2 atom stereocenters. The van der Waals surface area contributed by atoms with Crippen molar-refractivity contribution in [3.8, 4) is 0 Å². The highest BCUT2D eigenvalue weighted by Gasteiger charge is 2.50. The minimum atomic E-state index is -1.35. The van der Waals surface area contributed by atoms with Gasteiger partial charge in [0.05, 0.1) is 0 Å². The van der Waals surface area contributed by atoms with Gasteiger partial charge in [-0.25, -0.2) is 0 Å². The molecular formula is C37H54Br2O4. The van der Waals surface area contributed by atoms with Gasteiger partial charge in [0.15, 0.2) is 5.41 Å². The Bertz CT molecular complexity index is 1020. The maximum Gasteiger partial charge on any atom is 0.324 e. The molecule has 0 aromatic heterocycles. The van der Waals surface area contributed by atoms with Crippen LogP contribution in [0.5, 0.6) is 0 Å². The van der Waals surface area contributed by atoms with Crippen molar-refractivity contribution >= 4 is 43.8 Å². The zero-order chi connectivity index (χ0) is 31.9. The highest BCUT2D eigenvalue weighted by molar-refractivity contribution is 9.10. The Hall–Kier alpha value is -1.66. The predicted molar refractivity (Wildman–Crippen MR) is 185 cm³/mol. The van der Waals surface area contributed by atoms with E-state index in [-0.39, 0.29) is 0 Å². The lowest BCUT2D eigenvalue weighted by molar-refractivity contribution is -0.190. The number of unbranched alkanes of at least 4 members (excludes halogenated alkanes) is 6. The second kappa shape index (κ2) is 18.3. The Morgan fingerprint density at radius 1 is 0.581 bits per heavy atom. The summed E-state index contributed by atoms with van der Waals surface area (Å²) in [5.74, 6) is -0.927. The normalized spacial score (nSPS) is 14.5. The highest BCUT2D eigenvalue weighted by Crippen LogP contribution is 2.37. The van der Waals surface area contributed by atoms with E-state index in [0.717, 1.165) is 84.3 Å². The van der Waals surface area contributed by atoms with Crippen molar-refractivity contribution in [1.29, 1.82) is 0 Å². The Kier molecular flexibility index (Phi) is 16.0. The molecule has 2 rings (SSSR count). The first-order valence-electron chi connectivity index (χ1n) is 16.4. The van der Waals surface area contributed by atoms with Crippen LogP contribution >= 0.6 is 31.9 Å². The fourth-order valence-electron chi connectivity index (χ4n) is 5.82. The van der Waals surface area contributed by atoms with Gasteiger partial charge < -0.3 is 9.47 Å². The first-order valence-corrected chi connectivity index (χ1v) is 18.0. The number of hydrogen-bond donors (Lipinski definition) is 0.